The molecule has 0 bridgehead atoms. The van der Waals surface area contributed by atoms with Gasteiger partial charge in [-0.15, -0.1) is 0 Å². The lowest BCUT2D eigenvalue weighted by Crippen LogP contribution is -2.30. The van der Waals surface area contributed by atoms with Gasteiger partial charge in [0.2, 0.25) is 0 Å². The molecule has 1 aromatic heterocycles. The average molecular weight is 442 g/mol. The molecular formula is C23H17Cl2NO4. The first-order chi connectivity index (χ1) is 14.3. The number of aryl methyl sites for hydroxylation is 2. The Morgan fingerprint density at radius 2 is 1.80 bits per heavy atom. The molecule has 2 heterocycles. The summed E-state index contributed by atoms with van der Waals surface area (Å²) in [5.74, 6) is -1.54. The van der Waals surface area contributed by atoms with Crippen LogP contribution in [0, 0.1) is 13.8 Å². The van der Waals surface area contributed by atoms with E-state index in [1.165, 1.54) is 29.4 Å². The Hall–Kier alpha value is -3.02. The summed E-state index contributed by atoms with van der Waals surface area (Å²) < 4.78 is 5.56. The molecule has 30 heavy (non-hydrogen) atoms. The van der Waals surface area contributed by atoms with Gasteiger partial charge in [-0.3, -0.25) is 14.5 Å². The maximum atomic E-state index is 13.1. The number of hydrogen-bond donors (Lipinski definition) is 1. The topological polar surface area (TPSA) is 70.8 Å². The van der Waals surface area contributed by atoms with Gasteiger partial charge in [0.1, 0.15) is 17.6 Å². The van der Waals surface area contributed by atoms with E-state index in [1.807, 2.05) is 32.0 Å². The fourth-order valence-corrected chi connectivity index (χ4v) is 3.87. The van der Waals surface area contributed by atoms with Crippen molar-refractivity contribution in [3.8, 4) is 0 Å². The first-order valence-corrected chi connectivity index (χ1v) is 9.92. The molecule has 5 nitrogen and oxygen atoms in total. The van der Waals surface area contributed by atoms with Gasteiger partial charge in [-0.05, 0) is 61.4 Å². The number of amides is 1. The summed E-state index contributed by atoms with van der Waals surface area (Å²) >= 11 is 12.1. The van der Waals surface area contributed by atoms with Crippen molar-refractivity contribution in [1.29, 1.82) is 0 Å². The van der Waals surface area contributed by atoms with E-state index in [0.717, 1.165) is 11.1 Å². The quantitative estimate of drug-likeness (QED) is 0.315. The lowest BCUT2D eigenvalue weighted by Gasteiger charge is -2.25. The number of nitrogens with zero attached hydrogens (tertiary/aromatic N) is 1. The summed E-state index contributed by atoms with van der Waals surface area (Å²) in [7, 11) is 0. The number of aliphatic hydroxyl groups is 1. The first-order valence-electron chi connectivity index (χ1n) is 9.16. The minimum absolute atomic E-state index is 0.0748. The number of aliphatic hydroxyl groups excluding tert-OH is 1. The minimum Gasteiger partial charge on any atom is -0.507 e. The van der Waals surface area contributed by atoms with Crippen LogP contribution in [0.2, 0.25) is 10.0 Å². The molecule has 0 aliphatic carbocycles. The van der Waals surface area contributed by atoms with Crippen LogP contribution in [0.25, 0.3) is 5.76 Å². The molecule has 0 radical (unpaired) electrons. The highest BCUT2D eigenvalue weighted by molar-refractivity contribution is 6.51. The molecule has 1 aliphatic heterocycles. The largest absolute Gasteiger partial charge is 0.507 e. The van der Waals surface area contributed by atoms with E-state index >= 15 is 0 Å². The van der Waals surface area contributed by atoms with Crippen molar-refractivity contribution in [2.45, 2.75) is 19.9 Å². The summed E-state index contributed by atoms with van der Waals surface area (Å²) in [6.07, 6.45) is 1.46. The van der Waals surface area contributed by atoms with Gasteiger partial charge < -0.3 is 9.52 Å². The Morgan fingerprint density at radius 1 is 1.03 bits per heavy atom. The van der Waals surface area contributed by atoms with Gasteiger partial charge in [0.05, 0.1) is 21.9 Å². The number of Topliss-reactive ketones (excluding diaryl/α,β-unsaturated/α-hetero) is 1. The second kappa shape index (κ2) is 7.67. The zero-order chi connectivity index (χ0) is 21.6. The summed E-state index contributed by atoms with van der Waals surface area (Å²) in [5.41, 5.74) is 2.52. The van der Waals surface area contributed by atoms with E-state index in [1.54, 1.807) is 12.1 Å². The van der Waals surface area contributed by atoms with Gasteiger partial charge >= 0.3 is 0 Å². The fourth-order valence-electron chi connectivity index (χ4n) is 3.57. The van der Waals surface area contributed by atoms with Crippen LogP contribution in [0.4, 0.5) is 5.69 Å². The highest BCUT2D eigenvalue weighted by Gasteiger charge is 2.48. The molecule has 1 aliphatic rings. The third-order valence-electron chi connectivity index (χ3n) is 5.07. The standard InChI is InChI=1S/C23H17Cl2NO4/c1-12-5-6-13(2)17(10-12)26-20(18-4-3-9-30-18)19(22(28)23(26)29)21(27)14-7-8-15(24)16(25)11-14/h3-11,20,27H,1-2H3/b21-19-. The Labute approximate surface area is 183 Å². The van der Waals surface area contributed by atoms with Crippen molar-refractivity contribution >= 4 is 46.3 Å². The number of hydrogen-bond acceptors (Lipinski definition) is 4. The zero-order valence-corrected chi connectivity index (χ0v) is 17.7. The summed E-state index contributed by atoms with van der Waals surface area (Å²) in [5, 5.41) is 11.6. The predicted molar refractivity (Wildman–Crippen MR) is 116 cm³/mol. The van der Waals surface area contributed by atoms with Gasteiger partial charge in [-0.2, -0.15) is 0 Å². The van der Waals surface area contributed by atoms with E-state index < -0.39 is 17.7 Å². The van der Waals surface area contributed by atoms with Crippen molar-refractivity contribution in [2.24, 2.45) is 0 Å². The second-order valence-electron chi connectivity index (χ2n) is 7.10. The van der Waals surface area contributed by atoms with Crippen LogP contribution in [0.1, 0.15) is 28.5 Å². The summed E-state index contributed by atoms with van der Waals surface area (Å²) in [6.45, 7) is 3.75. The van der Waals surface area contributed by atoms with Gasteiger partial charge in [-0.1, -0.05) is 35.3 Å². The lowest BCUT2D eigenvalue weighted by atomic mass is 9.99. The molecule has 2 aromatic carbocycles. The van der Waals surface area contributed by atoms with E-state index in [2.05, 4.69) is 0 Å². The third kappa shape index (κ3) is 3.30. The van der Waals surface area contributed by atoms with Crippen LogP contribution in [-0.2, 0) is 9.59 Å². The average Bonchev–Trinajstić information content (AvgIpc) is 3.33. The minimum atomic E-state index is -0.921. The smallest absolute Gasteiger partial charge is 0.300 e. The molecule has 1 unspecified atom stereocenters. The number of carbonyl (C=O) groups excluding carboxylic acids is 2. The van der Waals surface area contributed by atoms with E-state index in [0.29, 0.717) is 16.5 Å². The number of carbonyl (C=O) groups is 2. The van der Waals surface area contributed by atoms with Crippen LogP contribution in [-0.4, -0.2) is 16.8 Å². The number of furan rings is 1. The van der Waals surface area contributed by atoms with Crippen molar-refractivity contribution in [1.82, 2.24) is 0 Å². The molecule has 4 rings (SSSR count). The van der Waals surface area contributed by atoms with E-state index in [9.17, 15) is 14.7 Å². The molecule has 0 saturated carbocycles. The molecule has 1 fully saturated rings. The van der Waals surface area contributed by atoms with Crippen LogP contribution < -0.4 is 4.90 Å². The Balaban J connectivity index is 1.96. The molecule has 1 saturated heterocycles. The number of benzene rings is 2. The summed E-state index contributed by atoms with van der Waals surface area (Å²) in [6, 6.07) is 12.5. The predicted octanol–water partition coefficient (Wildman–Crippen LogP) is 5.83. The maximum Gasteiger partial charge on any atom is 0.300 e. The van der Waals surface area contributed by atoms with Gasteiger partial charge in [0, 0.05) is 11.3 Å². The van der Waals surface area contributed by atoms with Crippen LogP contribution in [0.15, 0.2) is 64.8 Å². The molecule has 0 spiro atoms. The number of rotatable bonds is 3. The number of halogens is 2. The summed E-state index contributed by atoms with van der Waals surface area (Å²) in [4.78, 5) is 27.5. The van der Waals surface area contributed by atoms with Gasteiger partial charge in [0.15, 0.2) is 0 Å². The number of anilines is 1. The van der Waals surface area contributed by atoms with Crippen LogP contribution in [0.5, 0.6) is 0 Å². The number of ketones is 1. The van der Waals surface area contributed by atoms with Crippen molar-refractivity contribution in [3.63, 3.8) is 0 Å². The highest BCUT2D eigenvalue weighted by atomic mass is 35.5. The van der Waals surface area contributed by atoms with Crippen molar-refractivity contribution in [2.75, 3.05) is 4.90 Å². The highest BCUT2D eigenvalue weighted by Crippen LogP contribution is 2.43. The van der Waals surface area contributed by atoms with Crippen molar-refractivity contribution < 1.29 is 19.1 Å². The van der Waals surface area contributed by atoms with E-state index in [-0.39, 0.29) is 21.9 Å². The monoisotopic (exact) mass is 441 g/mol. The Bertz CT molecular complexity index is 1200. The van der Waals surface area contributed by atoms with Crippen LogP contribution in [0.3, 0.4) is 0 Å². The SMILES string of the molecule is Cc1ccc(C)c(N2C(=O)C(=O)/C(=C(\O)c3ccc(Cl)c(Cl)c3)C2c2ccco2)c1. The molecule has 7 heteroatoms. The molecular weight excluding hydrogens is 425 g/mol. The molecule has 152 valence electrons. The molecule has 1 N–H and O–H groups in total. The Morgan fingerprint density at radius 3 is 2.47 bits per heavy atom. The molecule has 3 aromatic rings. The normalized spacial score (nSPS) is 18.3. The van der Waals surface area contributed by atoms with Crippen molar-refractivity contribution in [3.05, 3.63) is 92.9 Å². The Kier molecular flexibility index (Phi) is 5.18. The molecule has 1 amide bonds. The molecule has 1 atom stereocenters. The van der Waals surface area contributed by atoms with E-state index in [4.69, 9.17) is 27.6 Å². The fraction of sp³-hybridized carbons (Fsp3) is 0.130. The zero-order valence-electron chi connectivity index (χ0n) is 16.1. The first kappa shape index (κ1) is 20.3. The maximum absolute atomic E-state index is 13.1. The van der Waals surface area contributed by atoms with Gasteiger partial charge in [0.25, 0.3) is 11.7 Å². The van der Waals surface area contributed by atoms with Gasteiger partial charge in [-0.25, -0.2) is 0 Å². The second-order valence-corrected chi connectivity index (χ2v) is 7.92. The third-order valence-corrected chi connectivity index (χ3v) is 5.81. The van der Waals surface area contributed by atoms with Crippen LogP contribution >= 0.6 is 23.2 Å². The lowest BCUT2D eigenvalue weighted by molar-refractivity contribution is -0.132.